The number of fused-ring (bicyclic) bond motifs is 1. The van der Waals surface area contributed by atoms with Crippen LogP contribution < -0.4 is 10.1 Å². The molecule has 5 heteroatoms. The molecular weight excluding hydrogens is 378 g/mol. The van der Waals surface area contributed by atoms with Crippen molar-refractivity contribution in [2.75, 3.05) is 6.61 Å². The zero-order chi connectivity index (χ0) is 21.3. The highest BCUT2D eigenvalue weighted by molar-refractivity contribution is 5.90. The Morgan fingerprint density at radius 1 is 1.20 bits per heavy atom. The van der Waals surface area contributed by atoms with E-state index in [2.05, 4.69) is 18.0 Å². The molecule has 2 aromatic rings. The van der Waals surface area contributed by atoms with Crippen LogP contribution in [0.5, 0.6) is 5.75 Å². The van der Waals surface area contributed by atoms with E-state index in [9.17, 15) is 9.59 Å². The number of hydrogen-bond acceptors (Lipinski definition) is 4. The van der Waals surface area contributed by atoms with Crippen molar-refractivity contribution in [1.29, 1.82) is 0 Å². The number of benzene rings is 2. The average molecular weight is 405 g/mol. The van der Waals surface area contributed by atoms with Crippen LogP contribution >= 0.6 is 0 Å². The van der Waals surface area contributed by atoms with Gasteiger partial charge in [0.25, 0.3) is 5.91 Å². The second-order valence-corrected chi connectivity index (χ2v) is 7.23. The van der Waals surface area contributed by atoms with E-state index in [0.717, 1.165) is 36.1 Å². The quantitative estimate of drug-likeness (QED) is 0.402. The molecule has 0 fully saturated rings. The van der Waals surface area contributed by atoms with Crippen molar-refractivity contribution in [1.82, 2.24) is 5.32 Å². The van der Waals surface area contributed by atoms with Gasteiger partial charge in [0.15, 0.2) is 6.10 Å². The lowest BCUT2D eigenvalue weighted by molar-refractivity contribution is -0.150. The van der Waals surface area contributed by atoms with Gasteiger partial charge in [-0.3, -0.25) is 4.79 Å². The first-order valence-electron chi connectivity index (χ1n) is 10.2. The minimum absolute atomic E-state index is 0.0408. The molecule has 0 radical (unpaired) electrons. The highest BCUT2D eigenvalue weighted by Gasteiger charge is 2.24. The lowest BCUT2D eigenvalue weighted by Crippen LogP contribution is -2.39. The van der Waals surface area contributed by atoms with Crippen molar-refractivity contribution in [2.45, 2.75) is 38.3 Å². The van der Waals surface area contributed by atoms with E-state index in [4.69, 9.17) is 9.47 Å². The van der Waals surface area contributed by atoms with E-state index in [-0.39, 0.29) is 11.9 Å². The molecule has 0 aromatic heterocycles. The smallest absolute Gasteiger partial charge is 0.331 e. The number of aryl methyl sites for hydroxylation is 1. The van der Waals surface area contributed by atoms with E-state index < -0.39 is 12.1 Å². The Kier molecular flexibility index (Phi) is 7.44. The van der Waals surface area contributed by atoms with Crippen molar-refractivity contribution in [3.05, 3.63) is 84.0 Å². The third kappa shape index (κ3) is 5.83. The maximum absolute atomic E-state index is 12.5. The summed E-state index contributed by atoms with van der Waals surface area (Å²) in [5, 5.41) is 3.02. The summed E-state index contributed by atoms with van der Waals surface area (Å²) in [5.74, 6) is -0.125. The van der Waals surface area contributed by atoms with Crippen molar-refractivity contribution >= 4 is 18.0 Å². The van der Waals surface area contributed by atoms with Gasteiger partial charge < -0.3 is 14.8 Å². The summed E-state index contributed by atoms with van der Waals surface area (Å²) in [6.07, 6.45) is 6.70. The average Bonchev–Trinajstić information content (AvgIpc) is 2.77. The molecule has 30 heavy (non-hydrogen) atoms. The van der Waals surface area contributed by atoms with Crippen molar-refractivity contribution in [2.24, 2.45) is 0 Å². The number of ether oxygens (including phenoxy) is 2. The number of carbonyl (C=O) groups excluding carboxylic acids is 2. The van der Waals surface area contributed by atoms with Crippen LogP contribution in [0.15, 0.2) is 67.3 Å². The maximum atomic E-state index is 12.5. The van der Waals surface area contributed by atoms with Gasteiger partial charge in [-0.05, 0) is 61.1 Å². The zero-order valence-electron chi connectivity index (χ0n) is 17.2. The van der Waals surface area contributed by atoms with Crippen LogP contribution in [0.1, 0.15) is 42.5 Å². The van der Waals surface area contributed by atoms with Gasteiger partial charge in [-0.1, -0.05) is 49.1 Å². The summed E-state index contributed by atoms with van der Waals surface area (Å²) >= 11 is 0. The number of amides is 1. The van der Waals surface area contributed by atoms with Gasteiger partial charge in [-0.2, -0.15) is 0 Å². The predicted molar refractivity (Wildman–Crippen MR) is 117 cm³/mol. The summed E-state index contributed by atoms with van der Waals surface area (Å²) in [6, 6.07) is 15.4. The van der Waals surface area contributed by atoms with Crippen LogP contribution in [0, 0.1) is 0 Å². The molecule has 0 bridgehead atoms. The Labute approximate surface area is 177 Å². The molecule has 1 N–H and O–H groups in total. The minimum Gasteiger partial charge on any atom is -0.490 e. The van der Waals surface area contributed by atoms with Gasteiger partial charge in [0.1, 0.15) is 12.4 Å². The highest BCUT2D eigenvalue weighted by atomic mass is 16.5. The summed E-state index contributed by atoms with van der Waals surface area (Å²) in [4.78, 5) is 24.6. The van der Waals surface area contributed by atoms with E-state index in [1.54, 1.807) is 19.1 Å². The van der Waals surface area contributed by atoms with Crippen molar-refractivity contribution in [3.8, 4) is 5.75 Å². The van der Waals surface area contributed by atoms with Gasteiger partial charge in [0.05, 0.1) is 6.04 Å². The number of carbonyl (C=O) groups is 2. The molecule has 1 aliphatic rings. The molecule has 0 heterocycles. The lowest BCUT2D eigenvalue weighted by atomic mass is 9.87. The fourth-order valence-electron chi connectivity index (χ4n) is 3.45. The van der Waals surface area contributed by atoms with Crippen molar-refractivity contribution in [3.63, 3.8) is 0 Å². The molecule has 1 amide bonds. The third-order valence-electron chi connectivity index (χ3n) is 5.01. The van der Waals surface area contributed by atoms with Gasteiger partial charge in [0, 0.05) is 6.08 Å². The van der Waals surface area contributed by atoms with Gasteiger partial charge in [0.2, 0.25) is 0 Å². The Bertz CT molecular complexity index is 917. The standard InChI is InChI=1S/C25H27NO4/c1-3-17-29-21-14-11-19(12-15-21)13-16-24(27)30-18(2)25(28)26-23-10-6-8-20-7-4-5-9-22(20)23/h3-5,7,9,11-16,18,23H,1,6,8,10,17H2,2H3,(H,26,28)/b16-13+/t18-,23+/m1/s1. The molecular formula is C25H27NO4. The Balaban J connectivity index is 1.51. The Morgan fingerprint density at radius 3 is 2.73 bits per heavy atom. The van der Waals surface area contributed by atoms with E-state index in [1.165, 1.54) is 11.6 Å². The molecule has 2 atom stereocenters. The molecule has 156 valence electrons. The number of esters is 1. The van der Waals surface area contributed by atoms with Crippen LogP contribution in [-0.4, -0.2) is 24.6 Å². The second-order valence-electron chi connectivity index (χ2n) is 7.23. The number of nitrogens with one attached hydrogen (secondary N) is 1. The van der Waals surface area contributed by atoms with Crippen LogP contribution in [0.4, 0.5) is 0 Å². The SMILES string of the molecule is C=CCOc1ccc(/C=C/C(=O)O[C@H](C)C(=O)N[C@H]2CCCc3ccccc32)cc1. The topological polar surface area (TPSA) is 64.6 Å². The Morgan fingerprint density at radius 2 is 1.97 bits per heavy atom. The molecule has 5 nitrogen and oxygen atoms in total. The van der Waals surface area contributed by atoms with Crippen molar-refractivity contribution < 1.29 is 19.1 Å². The molecule has 0 spiro atoms. The number of rotatable bonds is 8. The van der Waals surface area contributed by atoms with Crippen LogP contribution in [0.2, 0.25) is 0 Å². The zero-order valence-corrected chi connectivity index (χ0v) is 17.2. The van der Waals surface area contributed by atoms with Gasteiger partial charge in [-0.15, -0.1) is 0 Å². The highest BCUT2D eigenvalue weighted by Crippen LogP contribution is 2.29. The van der Waals surface area contributed by atoms with Gasteiger partial charge in [-0.25, -0.2) is 4.79 Å². The summed E-state index contributed by atoms with van der Waals surface area (Å²) in [6.45, 7) is 5.63. The lowest BCUT2D eigenvalue weighted by Gasteiger charge is -2.27. The maximum Gasteiger partial charge on any atom is 0.331 e. The predicted octanol–water partition coefficient (Wildman–Crippen LogP) is 4.39. The third-order valence-corrected chi connectivity index (χ3v) is 5.01. The second kappa shape index (κ2) is 10.4. The fourth-order valence-corrected chi connectivity index (χ4v) is 3.45. The molecule has 0 unspecified atom stereocenters. The molecule has 0 saturated carbocycles. The van der Waals surface area contributed by atoms with Gasteiger partial charge >= 0.3 is 5.97 Å². The first-order chi connectivity index (χ1) is 14.6. The summed E-state index contributed by atoms with van der Waals surface area (Å²) in [7, 11) is 0. The van der Waals surface area contributed by atoms with Crippen LogP contribution in [0.3, 0.4) is 0 Å². The minimum atomic E-state index is -0.870. The molecule has 0 aliphatic heterocycles. The molecule has 3 rings (SSSR count). The fraction of sp³-hybridized carbons (Fsp3) is 0.280. The van der Waals surface area contributed by atoms with E-state index >= 15 is 0 Å². The summed E-state index contributed by atoms with van der Waals surface area (Å²) < 4.78 is 10.7. The normalized spacial score (nSPS) is 16.4. The van der Waals surface area contributed by atoms with Crippen LogP contribution in [0.25, 0.3) is 6.08 Å². The van der Waals surface area contributed by atoms with Crippen LogP contribution in [-0.2, 0) is 20.7 Å². The number of hydrogen-bond donors (Lipinski definition) is 1. The molecule has 2 aromatic carbocycles. The first kappa shape index (κ1) is 21.4. The first-order valence-corrected chi connectivity index (χ1v) is 10.2. The molecule has 1 aliphatic carbocycles. The Hall–Kier alpha value is -3.34. The largest absolute Gasteiger partial charge is 0.490 e. The van der Waals surface area contributed by atoms with E-state index in [0.29, 0.717) is 6.61 Å². The van der Waals surface area contributed by atoms with E-state index in [1.807, 2.05) is 42.5 Å². The summed E-state index contributed by atoms with van der Waals surface area (Å²) in [5.41, 5.74) is 3.24. The molecule has 0 saturated heterocycles. The monoisotopic (exact) mass is 405 g/mol.